The lowest BCUT2D eigenvalue weighted by Crippen LogP contribution is -2.32. The quantitative estimate of drug-likeness (QED) is 0.850. The summed E-state index contributed by atoms with van der Waals surface area (Å²) in [6.07, 6.45) is 3.95. The molecule has 1 fully saturated rings. The van der Waals surface area contributed by atoms with Crippen LogP contribution in [0.25, 0.3) is 0 Å². The largest absolute Gasteiger partial charge is 0.375 e. The fraction of sp³-hybridized carbons (Fsp3) is 0.444. The highest BCUT2D eigenvalue weighted by molar-refractivity contribution is 5.92. The number of benzene rings is 1. The third-order valence-corrected chi connectivity index (χ3v) is 4.39. The molecule has 2 heterocycles. The van der Waals surface area contributed by atoms with E-state index < -0.39 is 0 Å². The fourth-order valence-corrected chi connectivity index (χ4v) is 3.00. The normalized spacial score (nSPS) is 19.0. The van der Waals surface area contributed by atoms with Crippen molar-refractivity contribution in [1.82, 2.24) is 20.4 Å². The van der Waals surface area contributed by atoms with E-state index in [9.17, 15) is 4.79 Å². The number of piperidine rings is 1. The summed E-state index contributed by atoms with van der Waals surface area (Å²) < 4.78 is 7.37. The molecule has 1 saturated heterocycles. The molecule has 128 valence electrons. The van der Waals surface area contributed by atoms with Gasteiger partial charge in [-0.1, -0.05) is 30.3 Å². The third-order valence-electron chi connectivity index (χ3n) is 4.39. The van der Waals surface area contributed by atoms with Gasteiger partial charge >= 0.3 is 0 Å². The first-order chi connectivity index (χ1) is 11.8. The zero-order chi connectivity index (χ0) is 16.8. The van der Waals surface area contributed by atoms with E-state index in [2.05, 4.69) is 15.7 Å². The molecule has 0 bridgehead atoms. The van der Waals surface area contributed by atoms with Crippen LogP contribution in [0.4, 0.5) is 0 Å². The van der Waals surface area contributed by atoms with Gasteiger partial charge in [0.15, 0.2) is 0 Å². The monoisotopic (exact) mass is 328 g/mol. The molecule has 2 unspecified atom stereocenters. The van der Waals surface area contributed by atoms with Crippen molar-refractivity contribution in [3.8, 4) is 0 Å². The molecule has 6 nitrogen and oxygen atoms in total. The van der Waals surface area contributed by atoms with E-state index in [4.69, 9.17) is 4.74 Å². The Kier molecular flexibility index (Phi) is 5.61. The summed E-state index contributed by atoms with van der Waals surface area (Å²) >= 11 is 0. The van der Waals surface area contributed by atoms with Crippen molar-refractivity contribution >= 4 is 5.91 Å². The standard InChI is InChI=1S/C18H24N4O2/c1-24-17(14-6-3-2-4-7-14)13-20-18(23)16-9-11-22(21-16)15-8-5-10-19-12-15/h2-4,6-7,9,11,15,17,19H,5,8,10,12-13H2,1H3,(H,20,23). The van der Waals surface area contributed by atoms with Crippen LogP contribution in [-0.2, 0) is 4.74 Å². The number of carbonyl (C=O) groups excluding carboxylic acids is 1. The number of aromatic nitrogens is 2. The number of nitrogens with one attached hydrogen (secondary N) is 2. The van der Waals surface area contributed by atoms with E-state index in [-0.39, 0.29) is 12.0 Å². The summed E-state index contributed by atoms with van der Waals surface area (Å²) in [5, 5.41) is 10.7. The minimum Gasteiger partial charge on any atom is -0.375 e. The van der Waals surface area contributed by atoms with Crippen molar-refractivity contribution in [1.29, 1.82) is 0 Å². The van der Waals surface area contributed by atoms with E-state index in [1.165, 1.54) is 0 Å². The van der Waals surface area contributed by atoms with Crippen LogP contribution in [0.3, 0.4) is 0 Å². The van der Waals surface area contributed by atoms with Crippen LogP contribution in [0.5, 0.6) is 0 Å². The SMILES string of the molecule is COC(CNC(=O)c1ccn(C2CCCNC2)n1)c1ccccc1. The second kappa shape index (κ2) is 8.08. The van der Waals surface area contributed by atoms with E-state index in [0.29, 0.717) is 18.3 Å². The Morgan fingerprint density at radius 3 is 2.96 bits per heavy atom. The number of methoxy groups -OCH3 is 1. The summed E-state index contributed by atoms with van der Waals surface area (Å²) in [4.78, 5) is 12.3. The Balaban J connectivity index is 1.57. The van der Waals surface area contributed by atoms with Crippen molar-refractivity contribution in [3.05, 3.63) is 53.9 Å². The van der Waals surface area contributed by atoms with Crippen molar-refractivity contribution in [2.75, 3.05) is 26.7 Å². The van der Waals surface area contributed by atoms with E-state index in [1.807, 2.05) is 41.2 Å². The van der Waals surface area contributed by atoms with Crippen LogP contribution in [0.15, 0.2) is 42.6 Å². The van der Waals surface area contributed by atoms with E-state index >= 15 is 0 Å². The molecule has 0 spiro atoms. The lowest BCUT2D eigenvalue weighted by molar-refractivity contribution is 0.0823. The Bertz CT molecular complexity index is 650. The van der Waals surface area contributed by atoms with Crippen LogP contribution in [0.1, 0.15) is 41.0 Å². The molecule has 0 radical (unpaired) electrons. The highest BCUT2D eigenvalue weighted by Crippen LogP contribution is 2.17. The topological polar surface area (TPSA) is 68.2 Å². The molecule has 0 saturated carbocycles. The van der Waals surface area contributed by atoms with Gasteiger partial charge in [-0.15, -0.1) is 0 Å². The molecule has 2 atom stereocenters. The molecule has 2 N–H and O–H groups in total. The number of ether oxygens (including phenoxy) is 1. The van der Waals surface area contributed by atoms with Crippen LogP contribution in [0, 0.1) is 0 Å². The van der Waals surface area contributed by atoms with Crippen LogP contribution in [-0.4, -0.2) is 42.4 Å². The summed E-state index contributed by atoms with van der Waals surface area (Å²) in [5.41, 5.74) is 1.49. The van der Waals surface area contributed by atoms with Crippen molar-refractivity contribution in [2.24, 2.45) is 0 Å². The number of hydrogen-bond donors (Lipinski definition) is 2. The number of rotatable bonds is 6. The lowest BCUT2D eigenvalue weighted by atomic mass is 10.1. The summed E-state index contributed by atoms with van der Waals surface area (Å²) in [5.74, 6) is -0.171. The van der Waals surface area contributed by atoms with Crippen LogP contribution >= 0.6 is 0 Å². The van der Waals surface area contributed by atoms with Gasteiger partial charge in [0.05, 0.1) is 12.1 Å². The van der Waals surface area contributed by atoms with Gasteiger partial charge in [-0.2, -0.15) is 5.10 Å². The molecule has 0 aliphatic carbocycles. The van der Waals surface area contributed by atoms with Crippen molar-refractivity contribution in [3.63, 3.8) is 0 Å². The van der Waals surface area contributed by atoms with Crippen LogP contribution in [0.2, 0.25) is 0 Å². The second-order valence-corrected chi connectivity index (χ2v) is 6.03. The maximum Gasteiger partial charge on any atom is 0.271 e. The van der Waals surface area contributed by atoms with Gasteiger partial charge in [-0.25, -0.2) is 0 Å². The zero-order valence-electron chi connectivity index (χ0n) is 13.9. The van der Waals surface area contributed by atoms with E-state index in [0.717, 1.165) is 31.5 Å². The molecule has 1 aromatic heterocycles. The van der Waals surface area contributed by atoms with E-state index in [1.54, 1.807) is 13.2 Å². The van der Waals surface area contributed by atoms with Crippen molar-refractivity contribution < 1.29 is 9.53 Å². The highest BCUT2D eigenvalue weighted by Gasteiger charge is 2.18. The molecule has 1 aliphatic rings. The van der Waals surface area contributed by atoms with Gasteiger partial charge in [0.2, 0.25) is 0 Å². The predicted molar refractivity (Wildman–Crippen MR) is 91.9 cm³/mol. The highest BCUT2D eigenvalue weighted by atomic mass is 16.5. The number of carbonyl (C=O) groups is 1. The van der Waals surface area contributed by atoms with Gasteiger partial charge in [-0.3, -0.25) is 9.48 Å². The lowest BCUT2D eigenvalue weighted by Gasteiger charge is -2.22. The first-order valence-electron chi connectivity index (χ1n) is 8.39. The molecule has 1 aliphatic heterocycles. The van der Waals surface area contributed by atoms with Gasteiger partial charge < -0.3 is 15.4 Å². The summed E-state index contributed by atoms with van der Waals surface area (Å²) in [6, 6.07) is 12.0. The average Bonchev–Trinajstić information content (AvgIpc) is 3.14. The molecule has 2 aromatic rings. The smallest absolute Gasteiger partial charge is 0.271 e. The Morgan fingerprint density at radius 2 is 2.25 bits per heavy atom. The molecule has 6 heteroatoms. The van der Waals surface area contributed by atoms with Crippen molar-refractivity contribution in [2.45, 2.75) is 25.0 Å². The predicted octanol–water partition coefficient (Wildman–Crippen LogP) is 1.93. The maximum atomic E-state index is 12.3. The maximum absolute atomic E-state index is 12.3. The number of nitrogens with zero attached hydrogens (tertiary/aromatic N) is 2. The average molecular weight is 328 g/mol. The van der Waals surface area contributed by atoms with Gasteiger partial charge in [0.25, 0.3) is 5.91 Å². The minimum atomic E-state index is -0.171. The molecule has 24 heavy (non-hydrogen) atoms. The third kappa shape index (κ3) is 4.01. The first kappa shape index (κ1) is 16.7. The number of amides is 1. The first-order valence-corrected chi connectivity index (χ1v) is 8.39. The summed E-state index contributed by atoms with van der Waals surface area (Å²) in [7, 11) is 1.65. The summed E-state index contributed by atoms with van der Waals surface area (Å²) in [6.45, 7) is 2.38. The molecule has 1 aromatic carbocycles. The number of hydrogen-bond acceptors (Lipinski definition) is 4. The fourth-order valence-electron chi connectivity index (χ4n) is 3.00. The Hall–Kier alpha value is -2.18. The molecule has 1 amide bonds. The zero-order valence-corrected chi connectivity index (χ0v) is 13.9. The Morgan fingerprint density at radius 1 is 1.42 bits per heavy atom. The molecular formula is C18H24N4O2. The molecule has 3 rings (SSSR count). The molecular weight excluding hydrogens is 304 g/mol. The minimum absolute atomic E-state index is 0.167. The van der Waals surface area contributed by atoms with Gasteiger partial charge in [0.1, 0.15) is 5.69 Å². The van der Waals surface area contributed by atoms with Gasteiger partial charge in [-0.05, 0) is 31.0 Å². The van der Waals surface area contributed by atoms with Crippen LogP contribution < -0.4 is 10.6 Å². The second-order valence-electron chi connectivity index (χ2n) is 6.03. The Labute approximate surface area is 142 Å². The van der Waals surface area contributed by atoms with Gasteiger partial charge in [0, 0.05) is 26.4 Å².